The van der Waals surface area contributed by atoms with E-state index in [0.29, 0.717) is 5.58 Å². The predicted molar refractivity (Wildman–Crippen MR) is 74.9 cm³/mol. The van der Waals surface area contributed by atoms with Crippen LogP contribution >= 0.6 is 0 Å². The predicted octanol–water partition coefficient (Wildman–Crippen LogP) is 4.09. The van der Waals surface area contributed by atoms with E-state index in [0.717, 1.165) is 5.39 Å². The summed E-state index contributed by atoms with van der Waals surface area (Å²) in [6, 6.07) is 10.6. The Morgan fingerprint density at radius 3 is 1.75 bits per heavy atom. The molecule has 15 heteroatoms. The van der Waals surface area contributed by atoms with Crippen molar-refractivity contribution in [2.75, 3.05) is 0 Å². The smallest absolute Gasteiger partial charge is 0.423 e. The lowest BCUT2D eigenvalue weighted by Crippen LogP contribution is -2.63. The summed E-state index contributed by atoms with van der Waals surface area (Å²) in [6.07, 6.45) is -7.13. The molecule has 28 heavy (non-hydrogen) atoms. The molecule has 1 aromatic heterocycles. The minimum Gasteiger partial charge on any atom is -0.423 e. The largest absolute Gasteiger partial charge is 0.460 e. The molecule has 0 atom stereocenters. The zero-order chi connectivity index (χ0) is 22.2. The molecule has 158 valence electrons. The summed E-state index contributed by atoms with van der Waals surface area (Å²) in [5.41, 5.74) is 0.337. The van der Waals surface area contributed by atoms with Gasteiger partial charge >= 0.3 is 39.0 Å². The van der Waals surface area contributed by atoms with Crippen LogP contribution in [0.4, 0.5) is 39.5 Å². The third kappa shape index (κ3) is 4.24. The molecule has 0 unspecified atom stereocenters. The number of halogens is 9. The van der Waals surface area contributed by atoms with E-state index in [1.807, 2.05) is 18.2 Å². The SMILES string of the molecule is O=S(=O)(O)C(F)(F)C(F)(F)C(F)(F)C(F)(F)F.O=c1ccc2ccccc2o1. The fourth-order valence-corrected chi connectivity index (χ4v) is 1.99. The van der Waals surface area contributed by atoms with Crippen molar-refractivity contribution in [3.8, 4) is 0 Å². The van der Waals surface area contributed by atoms with E-state index in [1.165, 1.54) is 6.07 Å². The van der Waals surface area contributed by atoms with Gasteiger partial charge < -0.3 is 4.42 Å². The van der Waals surface area contributed by atoms with Crippen LogP contribution in [0.5, 0.6) is 0 Å². The number of hydrogen-bond donors (Lipinski definition) is 1. The van der Waals surface area contributed by atoms with Crippen molar-refractivity contribution in [3.63, 3.8) is 0 Å². The van der Waals surface area contributed by atoms with Crippen LogP contribution in [0, 0.1) is 0 Å². The molecule has 0 fully saturated rings. The molecule has 5 nitrogen and oxygen atoms in total. The van der Waals surface area contributed by atoms with Gasteiger partial charge in [0.05, 0.1) is 0 Å². The molecule has 2 rings (SSSR count). The third-order valence-electron chi connectivity index (χ3n) is 2.97. The standard InChI is InChI=1S/C9H6O2.C4HF9O3S/c10-9-6-5-7-3-1-2-4-8(7)11-9;5-1(6,3(9,10)11)2(7,8)4(12,13)17(14,15)16/h1-6H;(H,14,15,16). The fraction of sp³-hybridized carbons (Fsp3) is 0.308. The summed E-state index contributed by atoms with van der Waals surface area (Å²) < 4.78 is 139. The van der Waals surface area contributed by atoms with Crippen molar-refractivity contribution < 1.29 is 56.9 Å². The first kappa shape index (κ1) is 23.7. The second kappa shape index (κ2) is 7.27. The van der Waals surface area contributed by atoms with Crippen LogP contribution in [0.2, 0.25) is 0 Å². The first-order valence-electron chi connectivity index (χ1n) is 6.52. The van der Waals surface area contributed by atoms with Gasteiger partial charge in [-0.3, -0.25) is 4.55 Å². The van der Waals surface area contributed by atoms with E-state index in [2.05, 4.69) is 0 Å². The highest BCUT2D eigenvalue weighted by Gasteiger charge is 2.85. The average molecular weight is 446 g/mol. The lowest BCUT2D eigenvalue weighted by Gasteiger charge is -2.31. The quantitative estimate of drug-likeness (QED) is 0.436. The zero-order valence-corrected chi connectivity index (χ0v) is 13.7. The van der Waals surface area contributed by atoms with Crippen molar-refractivity contribution >= 4 is 21.1 Å². The summed E-state index contributed by atoms with van der Waals surface area (Å²) in [4.78, 5) is 10.7. The molecule has 0 bridgehead atoms. The van der Waals surface area contributed by atoms with Crippen molar-refractivity contribution in [1.29, 1.82) is 0 Å². The van der Waals surface area contributed by atoms with Crippen LogP contribution in [0.1, 0.15) is 0 Å². The molecule has 0 saturated carbocycles. The molecule has 0 aliphatic carbocycles. The number of alkyl halides is 9. The topological polar surface area (TPSA) is 84.6 Å². The number of fused-ring (bicyclic) bond motifs is 1. The minimum absolute atomic E-state index is 0.302. The molecule has 1 heterocycles. The van der Waals surface area contributed by atoms with Gasteiger partial charge in [-0.15, -0.1) is 0 Å². The summed E-state index contributed by atoms with van der Waals surface area (Å²) in [7, 11) is -7.17. The van der Waals surface area contributed by atoms with Gasteiger partial charge in [-0.25, -0.2) is 4.79 Å². The second-order valence-electron chi connectivity index (χ2n) is 4.93. The van der Waals surface area contributed by atoms with Crippen LogP contribution in [-0.4, -0.2) is 36.2 Å². The molecule has 0 spiro atoms. The maximum Gasteiger partial charge on any atom is 0.460 e. The second-order valence-corrected chi connectivity index (χ2v) is 6.39. The van der Waals surface area contributed by atoms with Crippen LogP contribution < -0.4 is 5.63 Å². The molecular weight excluding hydrogens is 439 g/mol. The molecule has 0 radical (unpaired) electrons. The third-order valence-corrected chi connectivity index (χ3v) is 3.87. The number of hydrogen-bond acceptors (Lipinski definition) is 4. The summed E-state index contributed by atoms with van der Waals surface area (Å²) in [5.74, 6) is -14.7. The molecular formula is C13H7F9O5S. The van der Waals surface area contributed by atoms with Gasteiger partial charge in [0.25, 0.3) is 0 Å². The van der Waals surface area contributed by atoms with Crippen LogP contribution in [0.25, 0.3) is 11.0 Å². The molecule has 0 aliphatic rings. The van der Waals surface area contributed by atoms with E-state index >= 15 is 0 Å². The zero-order valence-electron chi connectivity index (χ0n) is 12.9. The van der Waals surface area contributed by atoms with Crippen molar-refractivity contribution in [2.45, 2.75) is 23.3 Å². The number of rotatable bonds is 3. The van der Waals surface area contributed by atoms with Crippen molar-refractivity contribution in [2.24, 2.45) is 0 Å². The maximum absolute atomic E-state index is 12.2. The van der Waals surface area contributed by atoms with Crippen molar-refractivity contribution in [3.05, 3.63) is 46.8 Å². The Kier molecular flexibility index (Phi) is 6.17. The van der Waals surface area contributed by atoms with Gasteiger partial charge in [0.1, 0.15) is 5.58 Å². The van der Waals surface area contributed by atoms with E-state index in [1.54, 1.807) is 12.1 Å². The fourth-order valence-electron chi connectivity index (χ4n) is 1.53. The minimum atomic E-state index is -7.37. The van der Waals surface area contributed by atoms with E-state index < -0.39 is 33.4 Å². The highest BCUT2D eigenvalue weighted by Crippen LogP contribution is 2.54. The van der Waals surface area contributed by atoms with Gasteiger partial charge in [-0.1, -0.05) is 18.2 Å². The Labute approximate surface area is 149 Å². The maximum atomic E-state index is 12.2. The summed E-state index contributed by atoms with van der Waals surface area (Å²) in [6.45, 7) is 0. The summed E-state index contributed by atoms with van der Waals surface area (Å²) >= 11 is 0. The molecule has 0 amide bonds. The highest BCUT2D eigenvalue weighted by molar-refractivity contribution is 7.87. The first-order chi connectivity index (χ1) is 12.4. The molecule has 2 aromatic rings. The van der Waals surface area contributed by atoms with Gasteiger partial charge in [0.15, 0.2) is 0 Å². The Morgan fingerprint density at radius 1 is 0.786 bits per heavy atom. The van der Waals surface area contributed by atoms with Crippen LogP contribution in [0.3, 0.4) is 0 Å². The number of para-hydroxylation sites is 1. The van der Waals surface area contributed by atoms with E-state index in [-0.39, 0.29) is 5.63 Å². The molecule has 1 N–H and O–H groups in total. The number of benzene rings is 1. The lowest BCUT2D eigenvalue weighted by atomic mass is 10.1. The van der Waals surface area contributed by atoms with Gasteiger partial charge in [-0.05, 0) is 12.1 Å². The molecule has 0 aliphatic heterocycles. The normalized spacial score (nSPS) is 13.8. The Hall–Kier alpha value is -2.29. The monoisotopic (exact) mass is 446 g/mol. The van der Waals surface area contributed by atoms with Gasteiger partial charge in [0, 0.05) is 11.5 Å². The average Bonchev–Trinajstić information content (AvgIpc) is 2.52. The highest BCUT2D eigenvalue weighted by atomic mass is 32.2. The Bertz CT molecular complexity index is 995. The van der Waals surface area contributed by atoms with E-state index in [9.17, 15) is 52.7 Å². The van der Waals surface area contributed by atoms with E-state index in [4.69, 9.17) is 8.97 Å². The lowest BCUT2D eigenvalue weighted by molar-refractivity contribution is -0.382. The Morgan fingerprint density at radius 2 is 1.29 bits per heavy atom. The van der Waals surface area contributed by atoms with Crippen LogP contribution in [-0.2, 0) is 10.1 Å². The van der Waals surface area contributed by atoms with Crippen LogP contribution in [0.15, 0.2) is 45.6 Å². The summed E-state index contributed by atoms with van der Waals surface area (Å²) in [5, 5.41) is -6.05. The Balaban J connectivity index is 0.000000302. The van der Waals surface area contributed by atoms with Gasteiger partial charge in [0.2, 0.25) is 0 Å². The van der Waals surface area contributed by atoms with Crippen molar-refractivity contribution in [1.82, 2.24) is 0 Å². The first-order valence-corrected chi connectivity index (χ1v) is 7.96. The molecule has 0 saturated heterocycles. The van der Waals surface area contributed by atoms with Gasteiger partial charge in [-0.2, -0.15) is 47.9 Å². The molecule has 1 aromatic carbocycles.